The topological polar surface area (TPSA) is 50.5 Å². The first kappa shape index (κ1) is 16.1. The van der Waals surface area contributed by atoms with Crippen LogP contribution in [0.1, 0.15) is 26.0 Å². The molecule has 118 valence electrons. The van der Waals surface area contributed by atoms with Crippen LogP contribution in [-0.2, 0) is 7.05 Å². The van der Waals surface area contributed by atoms with E-state index in [1.165, 1.54) is 16.8 Å². The molecule has 0 saturated carbocycles. The average Bonchev–Trinajstić information content (AvgIpc) is 2.72. The Kier molecular flexibility index (Phi) is 5.25. The Morgan fingerprint density at radius 3 is 2.86 bits per heavy atom. The van der Waals surface area contributed by atoms with Gasteiger partial charge in [-0.1, -0.05) is 19.1 Å². The Balaban J connectivity index is 2.57. The maximum atomic E-state index is 14.1. The van der Waals surface area contributed by atoms with E-state index in [4.69, 9.17) is 0 Å². The highest BCUT2D eigenvalue weighted by Gasteiger charge is 2.15. The molecule has 0 amide bonds. The van der Waals surface area contributed by atoms with Crippen molar-refractivity contribution in [2.45, 2.75) is 20.3 Å². The van der Waals surface area contributed by atoms with Crippen molar-refractivity contribution in [2.75, 3.05) is 24.5 Å². The van der Waals surface area contributed by atoms with E-state index in [1.807, 2.05) is 11.8 Å². The third-order valence-electron chi connectivity index (χ3n) is 3.50. The summed E-state index contributed by atoms with van der Waals surface area (Å²) in [5.41, 5.74) is 0.437. The zero-order valence-corrected chi connectivity index (χ0v) is 13.2. The summed E-state index contributed by atoms with van der Waals surface area (Å²) in [5, 5.41) is 0. The lowest BCUT2D eigenvalue weighted by molar-refractivity contribution is 0.686. The minimum atomic E-state index is -0.473. The monoisotopic (exact) mass is 304 g/mol. The molecule has 1 aromatic rings. The van der Waals surface area contributed by atoms with Gasteiger partial charge in [-0.3, -0.25) is 14.4 Å². The Bertz CT molecular complexity index is 688. The second-order valence-electron chi connectivity index (χ2n) is 5.08. The number of hydrogen-bond donors (Lipinski definition) is 0. The molecular weight excluding hydrogens is 283 g/mol. The van der Waals surface area contributed by atoms with Crippen molar-refractivity contribution < 1.29 is 4.39 Å². The van der Waals surface area contributed by atoms with Crippen LogP contribution in [0.15, 0.2) is 33.8 Å². The van der Waals surface area contributed by atoms with Crippen LogP contribution in [0.4, 0.5) is 10.3 Å². The standard InChI is InChI=1S/C16H21FN4O/c1-4-9-21(5-2)16-19-14(10-15(22)20(16)3)12-7-6-8-18-11-13(12)17/h6-7,10-11H,4-5,8-9H2,1-3H3. The summed E-state index contributed by atoms with van der Waals surface area (Å²) in [6, 6.07) is 1.36. The molecule has 0 spiro atoms. The first-order chi connectivity index (χ1) is 10.6. The van der Waals surface area contributed by atoms with Crippen molar-refractivity contribution in [3.8, 4) is 0 Å². The molecule has 0 atom stereocenters. The van der Waals surface area contributed by atoms with Gasteiger partial charge in [0, 0.05) is 31.8 Å². The van der Waals surface area contributed by atoms with Gasteiger partial charge in [-0.2, -0.15) is 0 Å². The van der Waals surface area contributed by atoms with E-state index in [9.17, 15) is 9.18 Å². The van der Waals surface area contributed by atoms with E-state index < -0.39 is 5.83 Å². The Hall–Kier alpha value is -2.24. The lowest BCUT2D eigenvalue weighted by atomic mass is 10.1. The molecule has 22 heavy (non-hydrogen) atoms. The maximum Gasteiger partial charge on any atom is 0.255 e. The molecule has 2 rings (SSSR count). The number of hydrogen-bond acceptors (Lipinski definition) is 4. The van der Waals surface area contributed by atoms with Crippen molar-refractivity contribution in [1.82, 2.24) is 9.55 Å². The van der Waals surface area contributed by atoms with Gasteiger partial charge < -0.3 is 4.90 Å². The number of aromatic nitrogens is 2. The Morgan fingerprint density at radius 2 is 2.18 bits per heavy atom. The lowest BCUT2D eigenvalue weighted by Gasteiger charge is -2.23. The van der Waals surface area contributed by atoms with Crippen molar-refractivity contribution in [3.05, 3.63) is 40.1 Å². The van der Waals surface area contributed by atoms with Crippen molar-refractivity contribution in [2.24, 2.45) is 12.0 Å². The summed E-state index contributed by atoms with van der Waals surface area (Å²) in [5.74, 6) is 0.0840. The number of aliphatic imine (C=N–C) groups is 1. The number of anilines is 1. The minimum Gasteiger partial charge on any atom is -0.342 e. The van der Waals surface area contributed by atoms with Gasteiger partial charge >= 0.3 is 0 Å². The van der Waals surface area contributed by atoms with Gasteiger partial charge in [-0.05, 0) is 13.3 Å². The predicted octanol–water partition coefficient (Wildman–Crippen LogP) is 2.34. The van der Waals surface area contributed by atoms with Gasteiger partial charge in [0.2, 0.25) is 5.95 Å². The molecule has 1 aliphatic rings. The van der Waals surface area contributed by atoms with Crippen LogP contribution in [-0.4, -0.2) is 35.4 Å². The Labute approximate surface area is 129 Å². The summed E-state index contributed by atoms with van der Waals surface area (Å²) in [6.45, 7) is 6.02. The van der Waals surface area contributed by atoms with E-state index in [1.54, 1.807) is 19.2 Å². The SMILES string of the molecule is CCCN(CC)c1nc(C2=C(F)C=NCC=C2)cc(=O)n1C. The largest absolute Gasteiger partial charge is 0.342 e. The fourth-order valence-corrected chi connectivity index (χ4v) is 2.34. The number of allylic oxidation sites excluding steroid dienone is 3. The molecule has 2 heterocycles. The molecule has 0 fully saturated rings. The zero-order valence-electron chi connectivity index (χ0n) is 13.2. The maximum absolute atomic E-state index is 14.1. The smallest absolute Gasteiger partial charge is 0.255 e. The highest BCUT2D eigenvalue weighted by atomic mass is 19.1. The summed E-state index contributed by atoms with van der Waals surface area (Å²) in [4.78, 5) is 22.6. The van der Waals surface area contributed by atoms with Gasteiger partial charge in [0.05, 0.1) is 18.5 Å². The second kappa shape index (κ2) is 7.15. The molecule has 1 aromatic heterocycles. The van der Waals surface area contributed by atoms with Gasteiger partial charge in [-0.15, -0.1) is 0 Å². The van der Waals surface area contributed by atoms with Crippen LogP contribution >= 0.6 is 0 Å². The van der Waals surface area contributed by atoms with Gasteiger partial charge in [-0.25, -0.2) is 9.37 Å². The molecule has 0 bridgehead atoms. The number of nitrogens with zero attached hydrogens (tertiary/aromatic N) is 4. The summed E-state index contributed by atoms with van der Waals surface area (Å²) in [7, 11) is 1.68. The summed E-state index contributed by atoms with van der Waals surface area (Å²) in [6.07, 6.45) is 5.50. The fourth-order valence-electron chi connectivity index (χ4n) is 2.34. The molecule has 0 N–H and O–H groups in total. The van der Waals surface area contributed by atoms with Gasteiger partial charge in [0.15, 0.2) is 0 Å². The summed E-state index contributed by atoms with van der Waals surface area (Å²) < 4.78 is 15.6. The molecule has 5 nitrogen and oxygen atoms in total. The van der Waals surface area contributed by atoms with Gasteiger partial charge in [0.1, 0.15) is 5.83 Å². The minimum absolute atomic E-state index is 0.204. The van der Waals surface area contributed by atoms with E-state index in [2.05, 4.69) is 16.9 Å². The van der Waals surface area contributed by atoms with Crippen LogP contribution in [0.3, 0.4) is 0 Å². The van der Waals surface area contributed by atoms with Crippen LogP contribution in [0.2, 0.25) is 0 Å². The van der Waals surface area contributed by atoms with Crippen LogP contribution in [0.5, 0.6) is 0 Å². The first-order valence-corrected chi connectivity index (χ1v) is 7.48. The second-order valence-corrected chi connectivity index (χ2v) is 5.08. The zero-order chi connectivity index (χ0) is 16.1. The van der Waals surface area contributed by atoms with E-state index in [-0.39, 0.29) is 5.56 Å². The van der Waals surface area contributed by atoms with E-state index in [0.717, 1.165) is 19.5 Å². The molecule has 0 unspecified atom stereocenters. The molecule has 6 heteroatoms. The molecule has 0 saturated heterocycles. The van der Waals surface area contributed by atoms with Crippen molar-refractivity contribution >= 4 is 17.7 Å². The number of halogens is 1. The Morgan fingerprint density at radius 1 is 1.41 bits per heavy atom. The van der Waals surface area contributed by atoms with E-state index >= 15 is 0 Å². The van der Waals surface area contributed by atoms with Crippen LogP contribution < -0.4 is 10.5 Å². The molecule has 0 aromatic carbocycles. The fraction of sp³-hybridized carbons (Fsp3) is 0.438. The van der Waals surface area contributed by atoms with Gasteiger partial charge in [0.25, 0.3) is 5.56 Å². The average molecular weight is 304 g/mol. The third kappa shape index (κ3) is 3.32. The normalized spacial score (nSPS) is 14.4. The first-order valence-electron chi connectivity index (χ1n) is 7.48. The molecule has 1 aliphatic heterocycles. The highest BCUT2D eigenvalue weighted by molar-refractivity contribution is 5.92. The van der Waals surface area contributed by atoms with Crippen molar-refractivity contribution in [1.29, 1.82) is 0 Å². The van der Waals surface area contributed by atoms with Crippen LogP contribution in [0, 0.1) is 0 Å². The molecule has 0 aliphatic carbocycles. The predicted molar refractivity (Wildman–Crippen MR) is 88.2 cm³/mol. The van der Waals surface area contributed by atoms with E-state index in [0.29, 0.717) is 23.8 Å². The lowest BCUT2D eigenvalue weighted by Crippen LogP contribution is -2.32. The molecule has 0 radical (unpaired) electrons. The van der Waals surface area contributed by atoms with Crippen molar-refractivity contribution in [3.63, 3.8) is 0 Å². The third-order valence-corrected chi connectivity index (χ3v) is 3.50. The number of rotatable bonds is 5. The quantitative estimate of drug-likeness (QED) is 0.839. The highest BCUT2D eigenvalue weighted by Crippen LogP contribution is 2.21. The van der Waals surface area contributed by atoms with Crippen LogP contribution in [0.25, 0.3) is 5.57 Å². The summed E-state index contributed by atoms with van der Waals surface area (Å²) >= 11 is 0. The molecular formula is C16H21FN4O.